The van der Waals surface area contributed by atoms with Crippen molar-refractivity contribution >= 4 is 5.91 Å². The summed E-state index contributed by atoms with van der Waals surface area (Å²) >= 11 is 0. The molecular formula is C13H18N2O2. The Bertz CT molecular complexity index is 457. The van der Waals surface area contributed by atoms with E-state index in [9.17, 15) is 9.59 Å². The van der Waals surface area contributed by atoms with Crippen molar-refractivity contribution in [2.45, 2.75) is 32.6 Å². The first-order valence-electron chi connectivity index (χ1n) is 6.17. The lowest BCUT2D eigenvalue weighted by atomic mass is 10.2. The molecule has 1 aromatic heterocycles. The van der Waals surface area contributed by atoms with Crippen LogP contribution in [0.2, 0.25) is 0 Å². The molecular weight excluding hydrogens is 216 g/mol. The van der Waals surface area contributed by atoms with Crippen molar-refractivity contribution in [2.24, 2.45) is 0 Å². The molecule has 1 fully saturated rings. The van der Waals surface area contributed by atoms with Gasteiger partial charge in [-0.1, -0.05) is 12.8 Å². The van der Waals surface area contributed by atoms with Crippen LogP contribution in [0.5, 0.6) is 0 Å². The number of likely N-dealkylation sites (tertiary alicyclic amines) is 1. The zero-order chi connectivity index (χ0) is 12.3. The summed E-state index contributed by atoms with van der Waals surface area (Å²) in [6.07, 6.45) is 4.51. The maximum atomic E-state index is 12.2. The van der Waals surface area contributed by atoms with Gasteiger partial charge < -0.3 is 9.88 Å². The summed E-state index contributed by atoms with van der Waals surface area (Å²) in [7, 11) is 0. The molecule has 0 atom stereocenters. The van der Waals surface area contributed by atoms with E-state index in [1.807, 2.05) is 4.90 Å². The Kier molecular flexibility index (Phi) is 3.61. The van der Waals surface area contributed by atoms with E-state index in [1.54, 1.807) is 13.0 Å². The third-order valence-corrected chi connectivity index (χ3v) is 3.12. The van der Waals surface area contributed by atoms with Crippen molar-refractivity contribution in [2.75, 3.05) is 13.1 Å². The van der Waals surface area contributed by atoms with Crippen LogP contribution in [-0.2, 0) is 0 Å². The highest BCUT2D eigenvalue weighted by atomic mass is 16.2. The number of nitrogens with zero attached hydrogens (tertiary/aromatic N) is 1. The number of aromatic nitrogens is 1. The van der Waals surface area contributed by atoms with Crippen molar-refractivity contribution in [3.05, 3.63) is 33.7 Å². The summed E-state index contributed by atoms with van der Waals surface area (Å²) in [6.45, 7) is 3.41. The van der Waals surface area contributed by atoms with Crippen molar-refractivity contribution in [1.82, 2.24) is 9.88 Å². The summed E-state index contributed by atoms with van der Waals surface area (Å²) in [5.74, 6) is -0.0129. The Labute approximate surface area is 101 Å². The first-order chi connectivity index (χ1) is 8.16. The SMILES string of the molecule is Cc1cc(C(=O)N2CCCCCC2)cc(=O)[nH]1. The number of pyridine rings is 1. The Morgan fingerprint density at radius 1 is 1.18 bits per heavy atom. The highest BCUT2D eigenvalue weighted by Gasteiger charge is 2.17. The zero-order valence-corrected chi connectivity index (χ0v) is 10.2. The molecule has 0 aliphatic carbocycles. The van der Waals surface area contributed by atoms with Gasteiger partial charge >= 0.3 is 0 Å². The number of rotatable bonds is 1. The van der Waals surface area contributed by atoms with Crippen molar-refractivity contribution in [3.8, 4) is 0 Å². The van der Waals surface area contributed by atoms with Gasteiger partial charge in [0.2, 0.25) is 5.56 Å². The first kappa shape index (κ1) is 11.9. The molecule has 2 rings (SSSR count). The molecule has 92 valence electrons. The number of hydrogen-bond acceptors (Lipinski definition) is 2. The molecule has 1 N–H and O–H groups in total. The highest BCUT2D eigenvalue weighted by molar-refractivity contribution is 5.94. The van der Waals surface area contributed by atoms with Crippen LogP contribution in [0.3, 0.4) is 0 Å². The molecule has 1 aromatic rings. The lowest BCUT2D eigenvalue weighted by Gasteiger charge is -2.20. The maximum absolute atomic E-state index is 12.2. The van der Waals surface area contributed by atoms with Gasteiger partial charge in [0.05, 0.1) is 0 Å². The van der Waals surface area contributed by atoms with Gasteiger partial charge in [0.15, 0.2) is 0 Å². The predicted molar refractivity (Wildman–Crippen MR) is 66.2 cm³/mol. The first-order valence-corrected chi connectivity index (χ1v) is 6.17. The van der Waals surface area contributed by atoms with Crippen molar-refractivity contribution < 1.29 is 4.79 Å². The number of amides is 1. The average molecular weight is 234 g/mol. The molecule has 1 aliphatic rings. The number of hydrogen-bond donors (Lipinski definition) is 1. The number of aromatic amines is 1. The standard InChI is InChI=1S/C13H18N2O2/c1-10-8-11(9-12(16)14-10)13(17)15-6-4-2-3-5-7-15/h8-9H,2-7H2,1H3,(H,14,16). The van der Waals surface area contributed by atoms with Gasteiger partial charge in [0.1, 0.15) is 0 Å². The van der Waals surface area contributed by atoms with Gasteiger partial charge in [-0.3, -0.25) is 9.59 Å². The second-order valence-corrected chi connectivity index (χ2v) is 4.62. The number of H-pyrrole nitrogens is 1. The molecule has 0 radical (unpaired) electrons. The summed E-state index contributed by atoms with van der Waals surface area (Å²) in [4.78, 5) is 28.1. The smallest absolute Gasteiger partial charge is 0.254 e. The van der Waals surface area contributed by atoms with Crippen LogP contribution in [0.15, 0.2) is 16.9 Å². The van der Waals surface area contributed by atoms with E-state index in [-0.39, 0.29) is 11.5 Å². The van der Waals surface area contributed by atoms with Gasteiger partial charge in [-0.05, 0) is 25.8 Å². The molecule has 1 amide bonds. The van der Waals surface area contributed by atoms with E-state index < -0.39 is 0 Å². The van der Waals surface area contributed by atoms with Gasteiger partial charge in [0.25, 0.3) is 5.91 Å². The van der Waals surface area contributed by atoms with Crippen LogP contribution in [0.25, 0.3) is 0 Å². The topological polar surface area (TPSA) is 53.2 Å². The lowest BCUT2D eigenvalue weighted by molar-refractivity contribution is 0.0761. The monoisotopic (exact) mass is 234 g/mol. The van der Waals surface area contributed by atoms with Crippen LogP contribution in [0, 0.1) is 6.92 Å². The van der Waals surface area contributed by atoms with Gasteiger partial charge in [-0.2, -0.15) is 0 Å². The third-order valence-electron chi connectivity index (χ3n) is 3.12. The zero-order valence-electron chi connectivity index (χ0n) is 10.2. The highest BCUT2D eigenvalue weighted by Crippen LogP contribution is 2.12. The van der Waals surface area contributed by atoms with E-state index in [0.717, 1.165) is 31.6 Å². The summed E-state index contributed by atoms with van der Waals surface area (Å²) in [5, 5.41) is 0. The summed E-state index contributed by atoms with van der Waals surface area (Å²) < 4.78 is 0. The Balaban J connectivity index is 2.20. The fourth-order valence-electron chi connectivity index (χ4n) is 2.26. The Morgan fingerprint density at radius 2 is 1.82 bits per heavy atom. The Morgan fingerprint density at radius 3 is 2.41 bits per heavy atom. The molecule has 4 heteroatoms. The van der Waals surface area contributed by atoms with Crippen LogP contribution in [0.1, 0.15) is 41.7 Å². The van der Waals surface area contributed by atoms with Crippen LogP contribution < -0.4 is 5.56 Å². The number of nitrogens with one attached hydrogen (secondary N) is 1. The second kappa shape index (κ2) is 5.17. The fraction of sp³-hybridized carbons (Fsp3) is 0.538. The van der Waals surface area contributed by atoms with Gasteiger partial charge in [-0.15, -0.1) is 0 Å². The molecule has 0 saturated carbocycles. The van der Waals surface area contributed by atoms with Crippen LogP contribution in [-0.4, -0.2) is 28.9 Å². The molecule has 0 bridgehead atoms. The lowest BCUT2D eigenvalue weighted by Crippen LogP contribution is -2.32. The quantitative estimate of drug-likeness (QED) is 0.804. The maximum Gasteiger partial charge on any atom is 0.254 e. The van der Waals surface area contributed by atoms with E-state index in [2.05, 4.69) is 4.98 Å². The van der Waals surface area contributed by atoms with E-state index in [1.165, 1.54) is 18.9 Å². The largest absolute Gasteiger partial charge is 0.339 e. The molecule has 0 unspecified atom stereocenters. The minimum absolute atomic E-state index is 0.0129. The number of aryl methyl sites for hydroxylation is 1. The number of carbonyl (C=O) groups is 1. The van der Waals surface area contributed by atoms with Gasteiger partial charge in [-0.25, -0.2) is 0 Å². The minimum Gasteiger partial charge on any atom is -0.339 e. The van der Waals surface area contributed by atoms with E-state index in [0.29, 0.717) is 5.56 Å². The summed E-state index contributed by atoms with van der Waals surface area (Å²) in [5.41, 5.74) is 1.03. The molecule has 4 nitrogen and oxygen atoms in total. The number of carbonyl (C=O) groups excluding carboxylic acids is 1. The second-order valence-electron chi connectivity index (χ2n) is 4.62. The van der Waals surface area contributed by atoms with E-state index in [4.69, 9.17) is 0 Å². The fourth-order valence-corrected chi connectivity index (χ4v) is 2.26. The van der Waals surface area contributed by atoms with E-state index >= 15 is 0 Å². The van der Waals surface area contributed by atoms with Crippen LogP contribution >= 0.6 is 0 Å². The normalized spacial score (nSPS) is 16.6. The molecule has 1 saturated heterocycles. The third kappa shape index (κ3) is 2.96. The molecule has 2 heterocycles. The van der Waals surface area contributed by atoms with Crippen molar-refractivity contribution in [1.29, 1.82) is 0 Å². The molecule has 1 aliphatic heterocycles. The van der Waals surface area contributed by atoms with Gasteiger partial charge in [0, 0.05) is 30.4 Å². The minimum atomic E-state index is -0.205. The Hall–Kier alpha value is -1.58. The summed E-state index contributed by atoms with van der Waals surface area (Å²) in [6, 6.07) is 3.13. The molecule has 0 aromatic carbocycles. The average Bonchev–Trinajstić information content (AvgIpc) is 2.55. The molecule has 17 heavy (non-hydrogen) atoms. The van der Waals surface area contributed by atoms with Crippen LogP contribution in [0.4, 0.5) is 0 Å². The van der Waals surface area contributed by atoms with Crippen molar-refractivity contribution in [3.63, 3.8) is 0 Å². The predicted octanol–water partition coefficient (Wildman–Crippen LogP) is 1.70. The molecule has 0 spiro atoms.